The number of nitrogens with zero attached hydrogens (tertiary/aromatic N) is 1. The largest absolute Gasteiger partial charge is 0.298 e. The van der Waals surface area contributed by atoms with Crippen LogP contribution in [0.25, 0.3) is 0 Å². The first-order valence-corrected chi connectivity index (χ1v) is 7.78. The summed E-state index contributed by atoms with van der Waals surface area (Å²) in [5.74, 6) is 5.69. The molecule has 0 unspecified atom stereocenters. The lowest BCUT2D eigenvalue weighted by Crippen LogP contribution is -2.29. The fraction of sp³-hybridized carbons (Fsp3) is 0.643. The number of nitrogen functional groups attached to an aromatic ring is 1. The Labute approximate surface area is 120 Å². The van der Waals surface area contributed by atoms with Gasteiger partial charge in [-0.05, 0) is 24.6 Å². The Morgan fingerprint density at radius 1 is 1.37 bits per heavy atom. The van der Waals surface area contributed by atoms with E-state index in [1.807, 2.05) is 12.1 Å². The van der Waals surface area contributed by atoms with Crippen molar-refractivity contribution in [3.05, 3.63) is 21.9 Å². The van der Waals surface area contributed by atoms with Gasteiger partial charge in [-0.1, -0.05) is 33.6 Å². The molecule has 0 aliphatic carbocycles. The van der Waals surface area contributed by atoms with Crippen molar-refractivity contribution >= 4 is 17.2 Å². The lowest BCUT2D eigenvalue weighted by Gasteiger charge is -2.24. The van der Waals surface area contributed by atoms with Gasteiger partial charge in [0.15, 0.2) is 0 Å². The van der Waals surface area contributed by atoms with Crippen molar-refractivity contribution in [2.24, 2.45) is 11.8 Å². The summed E-state index contributed by atoms with van der Waals surface area (Å²) in [4.78, 5) is 15.7. The van der Waals surface area contributed by atoms with Crippen LogP contribution in [0.3, 0.4) is 0 Å². The van der Waals surface area contributed by atoms with E-state index in [4.69, 9.17) is 5.84 Å². The normalized spacial score (nSPS) is 11.3. The van der Waals surface area contributed by atoms with Crippen molar-refractivity contribution in [2.75, 3.05) is 13.1 Å². The number of amides is 1. The second-order valence-electron chi connectivity index (χ2n) is 4.75. The first-order valence-electron chi connectivity index (χ1n) is 6.96. The zero-order valence-electron chi connectivity index (χ0n) is 12.1. The van der Waals surface area contributed by atoms with Crippen LogP contribution in [0.15, 0.2) is 12.1 Å². The molecule has 108 valence electrons. The second-order valence-corrected chi connectivity index (χ2v) is 5.92. The summed E-state index contributed by atoms with van der Waals surface area (Å²) >= 11 is 1.52. The van der Waals surface area contributed by atoms with Gasteiger partial charge in [-0.2, -0.15) is 0 Å². The Morgan fingerprint density at radius 2 is 2.05 bits per heavy atom. The van der Waals surface area contributed by atoms with Gasteiger partial charge in [0.1, 0.15) is 0 Å². The van der Waals surface area contributed by atoms with Crippen LogP contribution in [0.5, 0.6) is 0 Å². The van der Waals surface area contributed by atoms with E-state index in [1.165, 1.54) is 29.1 Å². The standard InChI is InChI=1S/C14H25N3OS/c1-4-11(5-2)9-17(6-3)10-12-7-8-13(19-12)14(18)16-15/h7-8,11H,4-6,9-10,15H2,1-3H3,(H,16,18). The summed E-state index contributed by atoms with van der Waals surface area (Å²) in [6.45, 7) is 9.75. The van der Waals surface area contributed by atoms with Crippen LogP contribution in [0.1, 0.15) is 48.2 Å². The fourth-order valence-electron chi connectivity index (χ4n) is 2.09. The van der Waals surface area contributed by atoms with E-state index in [9.17, 15) is 4.79 Å². The summed E-state index contributed by atoms with van der Waals surface area (Å²) in [5, 5.41) is 0. The summed E-state index contributed by atoms with van der Waals surface area (Å²) in [6, 6.07) is 3.86. The third-order valence-electron chi connectivity index (χ3n) is 3.51. The Hall–Kier alpha value is -0.910. The topological polar surface area (TPSA) is 58.4 Å². The molecule has 0 fully saturated rings. The summed E-state index contributed by atoms with van der Waals surface area (Å²) in [7, 11) is 0. The van der Waals surface area contributed by atoms with Crippen molar-refractivity contribution in [3.63, 3.8) is 0 Å². The lowest BCUT2D eigenvalue weighted by molar-refractivity contribution is 0.0957. The predicted molar refractivity (Wildman–Crippen MR) is 81.0 cm³/mol. The van der Waals surface area contributed by atoms with Crippen molar-refractivity contribution < 1.29 is 4.79 Å². The quantitative estimate of drug-likeness (QED) is 0.438. The van der Waals surface area contributed by atoms with Crippen LogP contribution < -0.4 is 11.3 Å². The third kappa shape index (κ3) is 4.93. The predicted octanol–water partition coefficient (Wildman–Crippen LogP) is 2.61. The minimum absolute atomic E-state index is 0.209. The van der Waals surface area contributed by atoms with Crippen LogP contribution in [0.4, 0.5) is 0 Å². The second kappa shape index (κ2) is 8.30. The summed E-state index contributed by atoms with van der Waals surface area (Å²) in [5.41, 5.74) is 2.17. The highest BCUT2D eigenvalue weighted by atomic mass is 32.1. The smallest absolute Gasteiger partial charge is 0.275 e. The van der Waals surface area contributed by atoms with Gasteiger partial charge < -0.3 is 0 Å². The molecule has 0 aliphatic heterocycles. The van der Waals surface area contributed by atoms with E-state index in [0.29, 0.717) is 4.88 Å². The molecule has 0 bridgehead atoms. The molecule has 5 heteroatoms. The first kappa shape index (κ1) is 16.1. The summed E-state index contributed by atoms with van der Waals surface area (Å²) in [6.07, 6.45) is 2.44. The molecule has 0 aromatic carbocycles. The summed E-state index contributed by atoms with van der Waals surface area (Å²) < 4.78 is 0. The Morgan fingerprint density at radius 3 is 2.58 bits per heavy atom. The van der Waals surface area contributed by atoms with E-state index in [2.05, 4.69) is 31.1 Å². The van der Waals surface area contributed by atoms with Crippen LogP contribution in [0, 0.1) is 5.92 Å². The van der Waals surface area contributed by atoms with Crippen molar-refractivity contribution in [1.82, 2.24) is 10.3 Å². The number of nitrogens with one attached hydrogen (secondary N) is 1. The van der Waals surface area contributed by atoms with Crippen molar-refractivity contribution in [1.29, 1.82) is 0 Å². The maximum Gasteiger partial charge on any atom is 0.275 e. The van der Waals surface area contributed by atoms with Gasteiger partial charge in [0.05, 0.1) is 4.88 Å². The maximum atomic E-state index is 11.4. The number of carbonyl (C=O) groups is 1. The SMILES string of the molecule is CCC(CC)CN(CC)Cc1ccc(C(=O)NN)s1. The molecule has 0 aliphatic rings. The average molecular weight is 283 g/mol. The van der Waals surface area contributed by atoms with E-state index < -0.39 is 0 Å². The van der Waals surface area contributed by atoms with Gasteiger partial charge >= 0.3 is 0 Å². The van der Waals surface area contributed by atoms with Gasteiger partial charge in [-0.25, -0.2) is 5.84 Å². The number of thiophene rings is 1. The van der Waals surface area contributed by atoms with E-state index in [-0.39, 0.29) is 5.91 Å². The lowest BCUT2D eigenvalue weighted by atomic mass is 10.0. The fourth-order valence-corrected chi connectivity index (χ4v) is 3.05. The highest BCUT2D eigenvalue weighted by Gasteiger charge is 2.13. The molecule has 1 amide bonds. The van der Waals surface area contributed by atoms with Gasteiger partial charge in [0.2, 0.25) is 0 Å². The molecular formula is C14H25N3OS. The Kier molecular flexibility index (Phi) is 7.05. The molecule has 0 radical (unpaired) electrons. The van der Waals surface area contributed by atoms with Gasteiger partial charge in [0.25, 0.3) is 5.91 Å². The zero-order valence-corrected chi connectivity index (χ0v) is 12.9. The number of hydrogen-bond donors (Lipinski definition) is 2. The monoisotopic (exact) mass is 283 g/mol. The molecular weight excluding hydrogens is 258 g/mol. The Bertz CT molecular complexity index is 388. The highest BCUT2D eigenvalue weighted by Crippen LogP contribution is 2.19. The number of rotatable bonds is 8. The van der Waals surface area contributed by atoms with Gasteiger partial charge in [-0.3, -0.25) is 15.1 Å². The number of nitrogens with two attached hydrogens (primary N) is 1. The highest BCUT2D eigenvalue weighted by molar-refractivity contribution is 7.14. The molecule has 4 nitrogen and oxygen atoms in total. The third-order valence-corrected chi connectivity index (χ3v) is 4.58. The number of hydrazine groups is 1. The van der Waals surface area contributed by atoms with Crippen LogP contribution >= 0.6 is 11.3 Å². The van der Waals surface area contributed by atoms with Crippen molar-refractivity contribution in [2.45, 2.75) is 40.2 Å². The van der Waals surface area contributed by atoms with E-state index >= 15 is 0 Å². The molecule has 1 rings (SSSR count). The van der Waals surface area contributed by atoms with E-state index in [0.717, 1.165) is 25.6 Å². The molecule has 19 heavy (non-hydrogen) atoms. The van der Waals surface area contributed by atoms with Crippen LogP contribution in [-0.2, 0) is 6.54 Å². The molecule has 0 saturated heterocycles. The molecule has 1 aromatic heterocycles. The number of carbonyl (C=O) groups excluding carboxylic acids is 1. The minimum atomic E-state index is -0.209. The average Bonchev–Trinajstić information content (AvgIpc) is 2.90. The van der Waals surface area contributed by atoms with Crippen LogP contribution in [-0.4, -0.2) is 23.9 Å². The zero-order chi connectivity index (χ0) is 14.3. The molecule has 1 aromatic rings. The first-order chi connectivity index (χ1) is 9.14. The number of hydrogen-bond acceptors (Lipinski definition) is 4. The molecule has 0 saturated carbocycles. The molecule has 1 heterocycles. The van der Waals surface area contributed by atoms with Crippen LogP contribution in [0.2, 0.25) is 0 Å². The van der Waals surface area contributed by atoms with Crippen molar-refractivity contribution in [3.8, 4) is 0 Å². The molecule has 3 N–H and O–H groups in total. The maximum absolute atomic E-state index is 11.4. The minimum Gasteiger partial charge on any atom is -0.298 e. The van der Waals surface area contributed by atoms with E-state index in [1.54, 1.807) is 0 Å². The Balaban J connectivity index is 2.60. The molecule has 0 spiro atoms. The van der Waals surface area contributed by atoms with Gasteiger partial charge in [0, 0.05) is 18.0 Å². The molecule has 0 atom stereocenters. The van der Waals surface area contributed by atoms with Gasteiger partial charge in [-0.15, -0.1) is 11.3 Å².